The highest BCUT2D eigenvalue weighted by Gasteiger charge is 2.43. The normalized spacial score (nSPS) is 19.6. The Balaban J connectivity index is 0.00000225. The Labute approximate surface area is 161 Å². The van der Waals surface area contributed by atoms with Crippen molar-refractivity contribution < 1.29 is 4.79 Å². The van der Waals surface area contributed by atoms with E-state index in [1.165, 1.54) is 0 Å². The monoisotopic (exact) mass is 378 g/mol. The summed E-state index contributed by atoms with van der Waals surface area (Å²) in [5.74, 6) is 0.0885. The molecule has 25 heavy (non-hydrogen) atoms. The van der Waals surface area contributed by atoms with E-state index in [0.717, 1.165) is 36.1 Å². The lowest BCUT2D eigenvalue weighted by atomic mass is 9.75. The molecule has 0 spiro atoms. The van der Waals surface area contributed by atoms with E-state index < -0.39 is 0 Å². The van der Waals surface area contributed by atoms with Gasteiger partial charge in [0, 0.05) is 30.6 Å². The van der Waals surface area contributed by atoms with Crippen molar-refractivity contribution in [3.05, 3.63) is 70.2 Å². The van der Waals surface area contributed by atoms with Gasteiger partial charge in [0.05, 0.1) is 5.54 Å². The van der Waals surface area contributed by atoms with Crippen molar-refractivity contribution in [3.8, 4) is 0 Å². The second kappa shape index (κ2) is 7.77. The van der Waals surface area contributed by atoms with Crippen LogP contribution in [0.2, 0.25) is 5.02 Å². The van der Waals surface area contributed by atoms with E-state index >= 15 is 0 Å². The molecular formula is C20H24Cl2N2O. The van der Waals surface area contributed by atoms with Gasteiger partial charge in [-0.1, -0.05) is 41.9 Å². The summed E-state index contributed by atoms with van der Waals surface area (Å²) >= 11 is 6.08. The molecule has 1 unspecified atom stereocenters. The summed E-state index contributed by atoms with van der Waals surface area (Å²) in [5, 5.41) is 0.715. The first-order valence-electron chi connectivity index (χ1n) is 8.21. The summed E-state index contributed by atoms with van der Waals surface area (Å²) < 4.78 is 0. The number of halogens is 2. The van der Waals surface area contributed by atoms with Crippen LogP contribution >= 0.6 is 24.0 Å². The highest BCUT2D eigenvalue weighted by Crippen LogP contribution is 2.40. The summed E-state index contributed by atoms with van der Waals surface area (Å²) in [6.07, 6.45) is 1.69. The van der Waals surface area contributed by atoms with Crippen LogP contribution < -0.4 is 0 Å². The molecule has 0 aliphatic carbocycles. The maximum atomic E-state index is 13.0. The first-order valence-corrected chi connectivity index (χ1v) is 8.59. The first-order chi connectivity index (χ1) is 11.4. The summed E-state index contributed by atoms with van der Waals surface area (Å²) in [5.41, 5.74) is 2.73. The van der Waals surface area contributed by atoms with E-state index in [0.29, 0.717) is 5.02 Å². The molecule has 1 aliphatic rings. The number of carbonyl (C=O) groups excluding carboxylic acids is 1. The number of nitrogens with zero attached hydrogens (tertiary/aromatic N) is 2. The number of amides is 1. The van der Waals surface area contributed by atoms with Crippen LogP contribution in [-0.2, 0) is 12.0 Å². The zero-order valence-corrected chi connectivity index (χ0v) is 16.4. The Morgan fingerprint density at radius 3 is 2.40 bits per heavy atom. The molecular weight excluding hydrogens is 355 g/mol. The van der Waals surface area contributed by atoms with Crippen molar-refractivity contribution in [2.75, 3.05) is 27.7 Å². The summed E-state index contributed by atoms with van der Waals surface area (Å²) in [4.78, 5) is 17.1. The topological polar surface area (TPSA) is 23.6 Å². The van der Waals surface area contributed by atoms with Crippen molar-refractivity contribution in [2.24, 2.45) is 0 Å². The van der Waals surface area contributed by atoms with Gasteiger partial charge in [-0.3, -0.25) is 4.79 Å². The molecule has 5 heteroatoms. The van der Waals surface area contributed by atoms with E-state index in [1.807, 2.05) is 42.3 Å². The number of hydrogen-bond acceptors (Lipinski definition) is 2. The largest absolute Gasteiger partial charge is 0.332 e. The first kappa shape index (κ1) is 19.8. The number of rotatable bonds is 4. The van der Waals surface area contributed by atoms with Crippen LogP contribution in [0.25, 0.3) is 0 Å². The SMILES string of the molecule is CN(C)CCC1(c2ccc(Cl)cc2)Cc2ccccc2C(=O)N1C.Cl. The minimum absolute atomic E-state index is 0. The van der Waals surface area contributed by atoms with Crippen molar-refractivity contribution >= 4 is 29.9 Å². The van der Waals surface area contributed by atoms with Gasteiger partial charge >= 0.3 is 0 Å². The van der Waals surface area contributed by atoms with Gasteiger partial charge in [-0.2, -0.15) is 0 Å². The molecule has 0 radical (unpaired) electrons. The van der Waals surface area contributed by atoms with Crippen molar-refractivity contribution in [3.63, 3.8) is 0 Å². The molecule has 3 nitrogen and oxygen atoms in total. The fourth-order valence-corrected chi connectivity index (χ4v) is 3.68. The minimum Gasteiger partial charge on any atom is -0.332 e. The quantitative estimate of drug-likeness (QED) is 0.794. The van der Waals surface area contributed by atoms with E-state index in [4.69, 9.17) is 11.6 Å². The Morgan fingerprint density at radius 2 is 1.76 bits per heavy atom. The van der Waals surface area contributed by atoms with Crippen LogP contribution in [0.1, 0.15) is 27.9 Å². The van der Waals surface area contributed by atoms with Gasteiger partial charge in [0.25, 0.3) is 5.91 Å². The smallest absolute Gasteiger partial charge is 0.254 e. The zero-order chi connectivity index (χ0) is 17.3. The zero-order valence-electron chi connectivity index (χ0n) is 14.8. The maximum absolute atomic E-state index is 13.0. The van der Waals surface area contributed by atoms with Gasteiger partial charge in [0.1, 0.15) is 0 Å². The van der Waals surface area contributed by atoms with E-state index in [-0.39, 0.29) is 23.9 Å². The number of benzene rings is 2. The lowest BCUT2D eigenvalue weighted by Crippen LogP contribution is -2.53. The fraction of sp³-hybridized carbons (Fsp3) is 0.350. The molecule has 0 saturated heterocycles. The van der Waals surface area contributed by atoms with Crippen molar-refractivity contribution in [2.45, 2.75) is 18.4 Å². The second-order valence-electron chi connectivity index (χ2n) is 6.79. The number of hydrogen-bond donors (Lipinski definition) is 0. The molecule has 0 aromatic heterocycles. The third-order valence-electron chi connectivity index (χ3n) is 5.03. The Hall–Kier alpha value is -1.55. The van der Waals surface area contributed by atoms with Crippen LogP contribution in [0.5, 0.6) is 0 Å². The molecule has 0 N–H and O–H groups in total. The Kier molecular flexibility index (Phi) is 6.15. The van der Waals surface area contributed by atoms with Gasteiger partial charge in [0.15, 0.2) is 0 Å². The number of carbonyl (C=O) groups is 1. The molecule has 1 amide bonds. The summed E-state index contributed by atoms with van der Waals surface area (Å²) in [6.45, 7) is 0.905. The molecule has 0 saturated carbocycles. The van der Waals surface area contributed by atoms with Crippen LogP contribution in [-0.4, -0.2) is 43.4 Å². The van der Waals surface area contributed by atoms with Gasteiger partial charge in [-0.05, 0) is 49.8 Å². The minimum atomic E-state index is -0.347. The average molecular weight is 379 g/mol. The van der Waals surface area contributed by atoms with Crippen LogP contribution in [0.15, 0.2) is 48.5 Å². The summed E-state index contributed by atoms with van der Waals surface area (Å²) in [6, 6.07) is 15.9. The highest BCUT2D eigenvalue weighted by molar-refractivity contribution is 6.30. The standard InChI is InChI=1S/C20H23ClN2O.ClH/c1-22(2)13-12-20(16-8-10-17(21)11-9-16)14-15-6-4-5-7-18(15)19(24)23(20)3;/h4-11H,12-14H2,1-3H3;1H. The predicted molar refractivity (Wildman–Crippen MR) is 106 cm³/mol. The molecule has 2 aromatic rings. The van der Waals surface area contributed by atoms with Crippen LogP contribution in [0.4, 0.5) is 0 Å². The number of likely N-dealkylation sites (N-methyl/N-ethyl adjacent to an activating group) is 1. The molecule has 0 bridgehead atoms. The fourth-order valence-electron chi connectivity index (χ4n) is 3.56. The third-order valence-corrected chi connectivity index (χ3v) is 5.28. The van der Waals surface area contributed by atoms with Gasteiger partial charge in [-0.15, -0.1) is 12.4 Å². The van der Waals surface area contributed by atoms with Gasteiger partial charge < -0.3 is 9.80 Å². The van der Waals surface area contributed by atoms with Crippen molar-refractivity contribution in [1.29, 1.82) is 0 Å². The number of fused-ring (bicyclic) bond motifs is 1. The van der Waals surface area contributed by atoms with Crippen molar-refractivity contribution in [1.82, 2.24) is 9.80 Å². The van der Waals surface area contributed by atoms with E-state index in [1.54, 1.807) is 0 Å². The molecule has 0 fully saturated rings. The maximum Gasteiger partial charge on any atom is 0.254 e. The molecule has 2 aromatic carbocycles. The van der Waals surface area contributed by atoms with E-state index in [9.17, 15) is 4.79 Å². The molecule has 1 aliphatic heterocycles. The molecule has 1 atom stereocenters. The lowest BCUT2D eigenvalue weighted by molar-refractivity contribution is 0.0454. The van der Waals surface area contributed by atoms with Gasteiger partial charge in [0.2, 0.25) is 0 Å². The molecule has 3 rings (SSSR count). The third kappa shape index (κ3) is 3.69. The average Bonchev–Trinajstić information content (AvgIpc) is 2.58. The Morgan fingerprint density at radius 1 is 1.12 bits per heavy atom. The van der Waals surface area contributed by atoms with Gasteiger partial charge in [-0.25, -0.2) is 0 Å². The van der Waals surface area contributed by atoms with E-state index in [2.05, 4.69) is 37.2 Å². The predicted octanol–water partition coefficient (Wildman–Crippen LogP) is 4.24. The molecule has 134 valence electrons. The highest BCUT2D eigenvalue weighted by atomic mass is 35.5. The lowest BCUT2D eigenvalue weighted by Gasteiger charge is -2.47. The summed E-state index contributed by atoms with van der Waals surface area (Å²) in [7, 11) is 6.05. The van der Waals surface area contributed by atoms with Crippen LogP contribution in [0, 0.1) is 0 Å². The molecule has 1 heterocycles. The van der Waals surface area contributed by atoms with Crippen LogP contribution in [0.3, 0.4) is 0 Å². The Bertz CT molecular complexity index is 746. The second-order valence-corrected chi connectivity index (χ2v) is 7.23.